The third-order valence-corrected chi connectivity index (χ3v) is 2.73. The van der Waals surface area contributed by atoms with Crippen LogP contribution in [-0.4, -0.2) is 30.1 Å². The Labute approximate surface area is 99.4 Å². The first-order valence-electron chi connectivity index (χ1n) is 5.37. The van der Waals surface area contributed by atoms with E-state index in [0.717, 1.165) is 5.56 Å². The highest BCUT2D eigenvalue weighted by atomic mass is 16.5. The third-order valence-electron chi connectivity index (χ3n) is 2.73. The molecule has 2 rings (SSSR count). The predicted molar refractivity (Wildman–Crippen MR) is 61.0 cm³/mol. The fourth-order valence-electron chi connectivity index (χ4n) is 1.69. The average molecular weight is 234 g/mol. The molecule has 5 heteroatoms. The summed E-state index contributed by atoms with van der Waals surface area (Å²) >= 11 is 0. The summed E-state index contributed by atoms with van der Waals surface area (Å²) in [5.41, 5.74) is 0.966. The molecule has 0 spiro atoms. The molecule has 5 nitrogen and oxygen atoms in total. The van der Waals surface area contributed by atoms with E-state index in [4.69, 9.17) is 4.74 Å². The zero-order chi connectivity index (χ0) is 12.4. The van der Waals surface area contributed by atoms with Gasteiger partial charge in [0.15, 0.2) is 0 Å². The summed E-state index contributed by atoms with van der Waals surface area (Å²) < 4.78 is 5.59. The average Bonchev–Trinajstić information content (AvgIpc) is 2.57. The molecule has 1 aliphatic rings. The van der Waals surface area contributed by atoms with Crippen molar-refractivity contribution < 1.29 is 14.3 Å². The number of amides is 3. The molecule has 1 aromatic carbocycles. The summed E-state index contributed by atoms with van der Waals surface area (Å²) in [6.45, 7) is 1.85. The van der Waals surface area contributed by atoms with Crippen LogP contribution in [0.3, 0.4) is 0 Å². The van der Waals surface area contributed by atoms with Crippen LogP contribution >= 0.6 is 0 Å². The number of rotatable bonds is 3. The summed E-state index contributed by atoms with van der Waals surface area (Å²) in [7, 11) is 1.53. The Hall–Kier alpha value is -1.88. The van der Waals surface area contributed by atoms with Crippen molar-refractivity contribution >= 4 is 11.9 Å². The van der Waals surface area contributed by atoms with Gasteiger partial charge in [-0.1, -0.05) is 30.3 Å². The molecular formula is C12H14N2O3. The van der Waals surface area contributed by atoms with Gasteiger partial charge in [0.2, 0.25) is 6.23 Å². The van der Waals surface area contributed by atoms with Crippen LogP contribution in [0.4, 0.5) is 4.79 Å². The molecular weight excluding hydrogens is 220 g/mol. The van der Waals surface area contributed by atoms with E-state index in [0.29, 0.717) is 0 Å². The number of benzene rings is 1. The van der Waals surface area contributed by atoms with Crippen LogP contribution in [0.2, 0.25) is 0 Å². The van der Waals surface area contributed by atoms with Gasteiger partial charge in [-0.2, -0.15) is 0 Å². The van der Waals surface area contributed by atoms with Crippen molar-refractivity contribution in [1.29, 1.82) is 0 Å². The van der Waals surface area contributed by atoms with Crippen molar-refractivity contribution in [2.45, 2.75) is 19.3 Å². The minimum atomic E-state index is -0.849. The Morgan fingerprint density at radius 1 is 1.29 bits per heavy atom. The molecule has 0 bridgehead atoms. The second-order valence-electron chi connectivity index (χ2n) is 3.95. The van der Waals surface area contributed by atoms with Gasteiger partial charge in [0.1, 0.15) is 0 Å². The topological polar surface area (TPSA) is 58.6 Å². The van der Waals surface area contributed by atoms with Crippen LogP contribution in [-0.2, 0) is 9.53 Å². The molecule has 0 radical (unpaired) electrons. The molecule has 0 unspecified atom stereocenters. The van der Waals surface area contributed by atoms with E-state index in [1.54, 1.807) is 0 Å². The van der Waals surface area contributed by atoms with E-state index in [1.165, 1.54) is 11.9 Å². The van der Waals surface area contributed by atoms with Gasteiger partial charge in [-0.05, 0) is 12.5 Å². The van der Waals surface area contributed by atoms with Gasteiger partial charge >= 0.3 is 6.03 Å². The number of carbonyl (C=O) groups excluding carboxylic acids is 2. The van der Waals surface area contributed by atoms with Crippen molar-refractivity contribution in [3.05, 3.63) is 35.9 Å². The molecule has 3 amide bonds. The maximum absolute atomic E-state index is 11.5. The summed E-state index contributed by atoms with van der Waals surface area (Å²) in [5.74, 6) is -0.416. The number of imide groups is 1. The zero-order valence-corrected chi connectivity index (χ0v) is 9.71. The van der Waals surface area contributed by atoms with Crippen molar-refractivity contribution in [2.75, 3.05) is 7.05 Å². The Balaban J connectivity index is 2.07. The smallest absolute Gasteiger partial charge is 0.326 e. The summed E-state index contributed by atoms with van der Waals surface area (Å²) in [4.78, 5) is 23.9. The number of nitrogens with zero attached hydrogens (tertiary/aromatic N) is 1. The van der Waals surface area contributed by atoms with E-state index in [-0.39, 0.29) is 6.10 Å². The summed E-state index contributed by atoms with van der Waals surface area (Å²) in [6.07, 6.45) is -1.10. The Bertz CT molecular complexity index is 433. The molecule has 0 aliphatic carbocycles. The van der Waals surface area contributed by atoms with Crippen molar-refractivity contribution in [3.63, 3.8) is 0 Å². The van der Waals surface area contributed by atoms with Crippen molar-refractivity contribution in [2.24, 2.45) is 0 Å². The van der Waals surface area contributed by atoms with Gasteiger partial charge in [0, 0.05) is 7.05 Å². The first-order valence-corrected chi connectivity index (χ1v) is 5.37. The van der Waals surface area contributed by atoms with Gasteiger partial charge in [0.25, 0.3) is 5.91 Å². The zero-order valence-electron chi connectivity index (χ0n) is 9.71. The minimum absolute atomic E-state index is 0.250. The third kappa shape index (κ3) is 2.29. The molecule has 0 aromatic heterocycles. The normalized spacial score (nSPS) is 21.5. The number of likely N-dealkylation sites (N-methyl/N-ethyl adjacent to an activating group) is 1. The van der Waals surface area contributed by atoms with Crippen LogP contribution in [0, 0.1) is 0 Å². The number of urea groups is 1. The predicted octanol–water partition coefficient (Wildman–Crippen LogP) is 1.27. The lowest BCUT2D eigenvalue weighted by atomic mass is 10.1. The standard InChI is InChI=1S/C12H14N2O3/c1-8(9-6-4-3-5-7-9)17-11-10(15)13-12(16)14(11)2/h3-8,11H,1-2H3,(H,13,15,16)/t8-,11+/m0/s1. The number of ether oxygens (including phenoxy) is 1. The summed E-state index contributed by atoms with van der Waals surface area (Å²) in [5, 5.41) is 2.20. The largest absolute Gasteiger partial charge is 0.341 e. The lowest BCUT2D eigenvalue weighted by Gasteiger charge is -2.21. The molecule has 1 aliphatic heterocycles. The highest BCUT2D eigenvalue weighted by Gasteiger charge is 2.37. The monoisotopic (exact) mass is 234 g/mol. The van der Waals surface area contributed by atoms with Crippen molar-refractivity contribution in [1.82, 2.24) is 10.2 Å². The van der Waals surface area contributed by atoms with Gasteiger partial charge in [-0.25, -0.2) is 4.79 Å². The second-order valence-corrected chi connectivity index (χ2v) is 3.95. The second kappa shape index (κ2) is 4.55. The Morgan fingerprint density at radius 3 is 2.47 bits per heavy atom. The first-order chi connectivity index (χ1) is 8.09. The number of hydrogen-bond donors (Lipinski definition) is 1. The van der Waals surface area contributed by atoms with E-state index < -0.39 is 18.2 Å². The maximum atomic E-state index is 11.5. The minimum Gasteiger partial charge on any atom is -0.341 e. The van der Waals surface area contributed by atoms with Crippen molar-refractivity contribution in [3.8, 4) is 0 Å². The van der Waals surface area contributed by atoms with E-state index in [1.807, 2.05) is 37.3 Å². The highest BCUT2D eigenvalue weighted by molar-refractivity contribution is 6.03. The molecule has 1 aromatic rings. The fraction of sp³-hybridized carbons (Fsp3) is 0.333. The molecule has 1 heterocycles. The van der Waals surface area contributed by atoms with Gasteiger partial charge in [-0.3, -0.25) is 15.0 Å². The molecule has 1 fully saturated rings. The van der Waals surface area contributed by atoms with E-state index in [9.17, 15) is 9.59 Å². The molecule has 1 N–H and O–H groups in total. The highest BCUT2D eigenvalue weighted by Crippen LogP contribution is 2.20. The molecule has 1 saturated heterocycles. The lowest BCUT2D eigenvalue weighted by molar-refractivity contribution is -0.140. The van der Waals surface area contributed by atoms with Crippen LogP contribution in [0.5, 0.6) is 0 Å². The van der Waals surface area contributed by atoms with E-state index in [2.05, 4.69) is 5.32 Å². The Kier molecular flexibility index (Phi) is 3.10. The fourth-order valence-corrected chi connectivity index (χ4v) is 1.69. The maximum Gasteiger partial charge on any atom is 0.326 e. The quantitative estimate of drug-likeness (QED) is 0.801. The van der Waals surface area contributed by atoms with Gasteiger partial charge in [0.05, 0.1) is 6.10 Å². The number of nitrogens with one attached hydrogen (secondary N) is 1. The SMILES string of the molecule is C[C@H](O[C@@H]1C(=O)NC(=O)N1C)c1ccccc1. The van der Waals surface area contributed by atoms with Gasteiger partial charge < -0.3 is 4.74 Å². The first kappa shape index (κ1) is 11.6. The number of carbonyl (C=O) groups is 2. The summed E-state index contributed by atoms with van der Waals surface area (Å²) in [6, 6.07) is 9.12. The Morgan fingerprint density at radius 2 is 1.94 bits per heavy atom. The van der Waals surface area contributed by atoms with Crippen LogP contribution in [0.25, 0.3) is 0 Å². The number of hydrogen-bond acceptors (Lipinski definition) is 3. The molecule has 0 saturated carbocycles. The lowest BCUT2D eigenvalue weighted by Crippen LogP contribution is -2.34. The van der Waals surface area contributed by atoms with E-state index >= 15 is 0 Å². The van der Waals surface area contributed by atoms with Crippen LogP contribution in [0.15, 0.2) is 30.3 Å². The van der Waals surface area contributed by atoms with Crippen LogP contribution < -0.4 is 5.32 Å². The van der Waals surface area contributed by atoms with Gasteiger partial charge in [-0.15, -0.1) is 0 Å². The molecule has 17 heavy (non-hydrogen) atoms. The van der Waals surface area contributed by atoms with Crippen LogP contribution in [0.1, 0.15) is 18.6 Å². The molecule has 90 valence electrons. The molecule has 2 atom stereocenters.